The highest BCUT2D eigenvalue weighted by Crippen LogP contribution is 2.36. The first-order chi connectivity index (χ1) is 16.1. The zero-order valence-corrected chi connectivity index (χ0v) is 19.5. The first-order valence-electron chi connectivity index (χ1n) is 9.65. The van der Waals surface area contributed by atoms with Crippen molar-refractivity contribution in [1.82, 2.24) is 5.32 Å². The van der Waals surface area contributed by atoms with Crippen LogP contribution in [0.4, 0.5) is 56.1 Å². The Kier molecular flexibility index (Phi) is 9.77. The first kappa shape index (κ1) is 31.0. The summed E-state index contributed by atoms with van der Waals surface area (Å²) in [7, 11) is 0. The smallest absolute Gasteiger partial charge is 0.411 e. The van der Waals surface area contributed by atoms with Crippen molar-refractivity contribution < 1.29 is 59.4 Å². The van der Waals surface area contributed by atoms with Gasteiger partial charge in [-0.2, -0.15) is 26.3 Å². The molecule has 0 saturated heterocycles. The van der Waals surface area contributed by atoms with Gasteiger partial charge >= 0.3 is 24.5 Å². The number of alkyl halides is 7. The lowest BCUT2D eigenvalue weighted by Crippen LogP contribution is -2.54. The lowest BCUT2D eigenvalue weighted by atomic mass is 10.2. The van der Waals surface area contributed by atoms with Crippen LogP contribution in [0.1, 0.15) is 20.8 Å². The van der Waals surface area contributed by atoms with Crippen molar-refractivity contribution in [3.05, 3.63) is 23.8 Å². The molecule has 1 aliphatic heterocycles. The molecule has 0 fully saturated rings. The predicted molar refractivity (Wildman–Crippen MR) is 110 cm³/mol. The quantitative estimate of drug-likeness (QED) is 0.392. The van der Waals surface area contributed by atoms with Crippen LogP contribution in [0.3, 0.4) is 0 Å². The van der Waals surface area contributed by atoms with Gasteiger partial charge in [-0.3, -0.25) is 14.6 Å². The largest absolute Gasteiger partial charge is 0.465 e. The fourth-order valence-electron chi connectivity index (χ4n) is 2.70. The molecule has 1 aromatic rings. The molecule has 8 nitrogen and oxygen atoms in total. The fourth-order valence-corrected chi connectivity index (χ4v) is 2.70. The molecule has 1 aromatic carbocycles. The average Bonchev–Trinajstić information content (AvgIpc) is 2.77. The summed E-state index contributed by atoms with van der Waals surface area (Å²) in [4.78, 5) is 36.8. The lowest BCUT2D eigenvalue weighted by Gasteiger charge is -2.27. The monoisotopic (exact) mass is 557 g/mol. The Morgan fingerprint density at radius 3 is 1.92 bits per heavy atom. The zero-order valence-electron chi connectivity index (χ0n) is 18.7. The van der Waals surface area contributed by atoms with Crippen LogP contribution in [0, 0.1) is 11.6 Å². The number of nitrogens with one attached hydrogen (secondary N) is 1. The maximum atomic E-state index is 13.7. The maximum Gasteiger partial charge on any atom is 0.411 e. The molecular weight excluding hydrogens is 538 g/mol. The Morgan fingerprint density at radius 2 is 1.53 bits per heavy atom. The number of hydrogen-bond donors (Lipinski definition) is 2. The van der Waals surface area contributed by atoms with E-state index in [1.807, 2.05) is 5.32 Å². The lowest BCUT2D eigenvalue weighted by molar-refractivity contribution is -0.133. The second-order valence-corrected chi connectivity index (χ2v) is 8.40. The Bertz CT molecular complexity index is 982. The van der Waals surface area contributed by atoms with Crippen LogP contribution in [-0.2, 0) is 9.53 Å². The van der Waals surface area contributed by atoms with Crippen LogP contribution >= 0.6 is 11.6 Å². The fraction of sp³-hybridized carbons (Fsp3) is 0.526. The standard InChI is InChI=1S/C17H18F5N3O5.C2H2ClF3/c1-16(2,3)30-14(27)23-10-6-24(15(28)29)11-4-8(18)9(19)5-12(11)25(13(10)26)7-17(20,21)22;3-1-2(4,5)6/h4-5,10H,6-7H2,1-3H3,(H,23,27)(H,28,29);1H2/t10-;/m0./s1. The number of carboxylic acid groups (broad SMARTS) is 1. The van der Waals surface area contributed by atoms with E-state index in [9.17, 15) is 54.6 Å². The molecule has 1 heterocycles. The third-order valence-corrected chi connectivity index (χ3v) is 4.24. The van der Waals surface area contributed by atoms with Crippen LogP contribution < -0.4 is 15.1 Å². The number of carbonyl (C=O) groups excluding carboxylic acids is 2. The zero-order chi connectivity index (χ0) is 28.2. The summed E-state index contributed by atoms with van der Waals surface area (Å²) >= 11 is 4.35. The van der Waals surface area contributed by atoms with Gasteiger partial charge in [0.15, 0.2) is 11.6 Å². The van der Waals surface area contributed by atoms with Crippen molar-refractivity contribution >= 4 is 41.1 Å². The number of nitrogens with zero attached hydrogens (tertiary/aromatic N) is 2. The van der Waals surface area contributed by atoms with Crippen molar-refractivity contribution in [2.75, 3.05) is 28.8 Å². The molecule has 0 unspecified atom stereocenters. The summed E-state index contributed by atoms with van der Waals surface area (Å²) in [6.45, 7) is 1.68. The van der Waals surface area contributed by atoms with Crippen molar-refractivity contribution in [3.63, 3.8) is 0 Å². The number of alkyl carbamates (subject to hydrolysis) is 1. The van der Waals surface area contributed by atoms with Crippen LogP contribution in [0.5, 0.6) is 0 Å². The van der Waals surface area contributed by atoms with E-state index in [-0.39, 0.29) is 4.90 Å². The molecule has 1 atom stereocenters. The molecule has 0 aliphatic carbocycles. The van der Waals surface area contributed by atoms with E-state index in [4.69, 9.17) is 4.74 Å². The molecule has 36 heavy (non-hydrogen) atoms. The van der Waals surface area contributed by atoms with Crippen molar-refractivity contribution in [2.24, 2.45) is 0 Å². The van der Waals surface area contributed by atoms with Gasteiger partial charge in [-0.1, -0.05) is 0 Å². The molecule has 0 saturated carbocycles. The molecule has 2 N–H and O–H groups in total. The summed E-state index contributed by atoms with van der Waals surface area (Å²) < 4.78 is 104. The molecule has 17 heteroatoms. The molecule has 0 radical (unpaired) electrons. The summed E-state index contributed by atoms with van der Waals surface area (Å²) in [6, 6.07) is -1.16. The van der Waals surface area contributed by atoms with E-state index in [2.05, 4.69) is 11.6 Å². The molecule has 0 aromatic heterocycles. The second kappa shape index (κ2) is 11.3. The number of hydrogen-bond acceptors (Lipinski definition) is 4. The van der Waals surface area contributed by atoms with Gasteiger partial charge in [-0.25, -0.2) is 18.4 Å². The van der Waals surface area contributed by atoms with Crippen LogP contribution in [0.25, 0.3) is 0 Å². The van der Waals surface area contributed by atoms with E-state index in [0.717, 1.165) is 0 Å². The van der Waals surface area contributed by atoms with E-state index in [0.29, 0.717) is 17.0 Å². The third kappa shape index (κ3) is 9.54. The highest BCUT2D eigenvalue weighted by atomic mass is 35.5. The number of amides is 3. The number of carbonyl (C=O) groups is 3. The van der Waals surface area contributed by atoms with Gasteiger partial charge in [-0.15, -0.1) is 11.6 Å². The third-order valence-electron chi connectivity index (χ3n) is 3.94. The summed E-state index contributed by atoms with van der Waals surface area (Å²) in [5.74, 6) is -5.75. The SMILES string of the molecule is CC(C)(C)OC(=O)N[C@H]1CN(C(=O)O)c2cc(F)c(F)cc2N(CC(F)(F)F)C1=O.FC(F)(F)CCl. The van der Waals surface area contributed by atoms with Gasteiger partial charge in [0.25, 0.3) is 5.91 Å². The molecule has 1 aliphatic rings. The van der Waals surface area contributed by atoms with Gasteiger partial charge in [0.1, 0.15) is 24.1 Å². The maximum absolute atomic E-state index is 13.7. The van der Waals surface area contributed by atoms with E-state index in [1.165, 1.54) is 20.8 Å². The number of benzene rings is 1. The molecular formula is C19H20ClF8N3O5. The molecule has 2 rings (SSSR count). The average molecular weight is 558 g/mol. The number of rotatable bonds is 2. The van der Waals surface area contributed by atoms with Gasteiger partial charge in [0.05, 0.1) is 17.9 Å². The topological polar surface area (TPSA) is 99.2 Å². The Balaban J connectivity index is 0.000000960. The molecule has 3 amide bonds. The second-order valence-electron chi connectivity index (χ2n) is 8.14. The van der Waals surface area contributed by atoms with E-state index >= 15 is 0 Å². The minimum Gasteiger partial charge on any atom is -0.465 e. The van der Waals surface area contributed by atoms with E-state index < -0.39 is 84.1 Å². The van der Waals surface area contributed by atoms with Crippen molar-refractivity contribution in [3.8, 4) is 0 Å². The number of halogens is 9. The Hall–Kier alpha value is -3.04. The Labute approximate surface area is 203 Å². The highest BCUT2D eigenvalue weighted by molar-refractivity contribution is 6.18. The summed E-state index contributed by atoms with van der Waals surface area (Å²) in [5, 5.41) is 11.4. The van der Waals surface area contributed by atoms with Gasteiger partial charge in [-0.05, 0) is 20.8 Å². The minimum atomic E-state index is -4.97. The van der Waals surface area contributed by atoms with Gasteiger partial charge < -0.3 is 15.2 Å². The highest BCUT2D eigenvalue weighted by Gasteiger charge is 2.43. The van der Waals surface area contributed by atoms with Crippen LogP contribution in [0.2, 0.25) is 0 Å². The normalized spacial score (nSPS) is 16.4. The van der Waals surface area contributed by atoms with Crippen LogP contribution in [-0.4, -0.2) is 66.2 Å². The summed E-state index contributed by atoms with van der Waals surface area (Å²) in [6.07, 6.45) is -12.1. The molecule has 0 bridgehead atoms. The number of ether oxygens (including phenoxy) is 1. The number of fused-ring (bicyclic) bond motifs is 1. The van der Waals surface area contributed by atoms with Gasteiger partial charge in [0.2, 0.25) is 0 Å². The van der Waals surface area contributed by atoms with Gasteiger partial charge in [0, 0.05) is 12.1 Å². The summed E-state index contributed by atoms with van der Waals surface area (Å²) in [5.41, 5.74) is -2.52. The predicted octanol–water partition coefficient (Wildman–Crippen LogP) is 5.04. The van der Waals surface area contributed by atoms with Crippen LogP contribution in [0.15, 0.2) is 12.1 Å². The van der Waals surface area contributed by atoms with Crippen molar-refractivity contribution in [2.45, 2.75) is 44.8 Å². The van der Waals surface area contributed by atoms with E-state index in [1.54, 1.807) is 0 Å². The molecule has 0 spiro atoms. The molecule has 204 valence electrons. The van der Waals surface area contributed by atoms with Crippen molar-refractivity contribution in [1.29, 1.82) is 0 Å². The first-order valence-corrected chi connectivity index (χ1v) is 10.2. The minimum absolute atomic E-state index is 0.0445. The number of anilines is 2. The Morgan fingerprint density at radius 1 is 1.06 bits per heavy atom.